The Balaban J connectivity index is 1.13. The van der Waals surface area contributed by atoms with E-state index in [0.29, 0.717) is 23.7 Å². The van der Waals surface area contributed by atoms with Crippen molar-refractivity contribution in [2.45, 2.75) is 58.3 Å². The van der Waals surface area contributed by atoms with Crippen molar-refractivity contribution in [3.8, 4) is 5.75 Å². The van der Waals surface area contributed by atoms with Crippen LogP contribution in [0.3, 0.4) is 0 Å². The largest absolute Gasteiger partial charge is 0.493 e. The predicted octanol–water partition coefficient (Wildman–Crippen LogP) is 3.53. The molecule has 4 rings (SSSR count). The highest BCUT2D eigenvalue weighted by molar-refractivity contribution is 5.94. The Morgan fingerprint density at radius 2 is 1.94 bits per heavy atom. The Morgan fingerprint density at radius 3 is 2.56 bits per heavy atom. The van der Waals surface area contributed by atoms with Gasteiger partial charge in [0.15, 0.2) is 0 Å². The van der Waals surface area contributed by atoms with Crippen LogP contribution in [0.4, 0.5) is 4.39 Å². The normalized spacial score (nSPS) is 21.2. The molecule has 176 valence electrons. The topological polar surface area (TPSA) is 78.9 Å². The molecule has 1 aromatic rings. The number of amides is 2. The second-order valence-corrected chi connectivity index (χ2v) is 10.2. The molecule has 0 aromatic heterocycles. The number of nitrogens with one attached hydrogen (secondary N) is 1. The van der Waals surface area contributed by atoms with Crippen LogP contribution in [0.2, 0.25) is 0 Å². The molecule has 3 fully saturated rings. The summed E-state index contributed by atoms with van der Waals surface area (Å²) in [6.45, 7) is 4.37. The molecule has 2 aliphatic carbocycles. The van der Waals surface area contributed by atoms with E-state index in [1.54, 1.807) is 6.07 Å². The molecule has 2 amide bonds. The monoisotopic (exact) mass is 446 g/mol. The van der Waals surface area contributed by atoms with E-state index in [4.69, 9.17) is 9.84 Å². The van der Waals surface area contributed by atoms with Crippen molar-refractivity contribution in [1.29, 1.82) is 0 Å². The first-order chi connectivity index (χ1) is 15.3. The van der Waals surface area contributed by atoms with E-state index >= 15 is 0 Å². The van der Waals surface area contributed by atoms with Gasteiger partial charge in [-0.1, -0.05) is 6.92 Å². The number of benzene rings is 1. The van der Waals surface area contributed by atoms with E-state index in [9.17, 15) is 14.0 Å². The Bertz CT molecular complexity index is 838. The summed E-state index contributed by atoms with van der Waals surface area (Å²) in [5.74, 6) is 0.345. The van der Waals surface area contributed by atoms with Crippen molar-refractivity contribution < 1.29 is 23.8 Å². The van der Waals surface area contributed by atoms with Gasteiger partial charge in [0, 0.05) is 31.1 Å². The summed E-state index contributed by atoms with van der Waals surface area (Å²) in [6, 6.07) is 4.25. The van der Waals surface area contributed by atoms with E-state index in [2.05, 4.69) is 17.1 Å². The number of nitrogens with zero attached hydrogens (tertiary/aromatic N) is 1. The van der Waals surface area contributed by atoms with E-state index in [1.165, 1.54) is 25.0 Å². The van der Waals surface area contributed by atoms with Crippen LogP contribution in [0.1, 0.15) is 68.6 Å². The van der Waals surface area contributed by atoms with Gasteiger partial charge in [-0.25, -0.2) is 4.39 Å². The fraction of sp³-hybridized carbons (Fsp3) is 0.680. The number of likely N-dealkylation sites (tertiary alicyclic amines) is 1. The van der Waals surface area contributed by atoms with E-state index < -0.39 is 11.7 Å². The lowest BCUT2D eigenvalue weighted by Gasteiger charge is -2.52. The van der Waals surface area contributed by atoms with Crippen molar-refractivity contribution in [2.24, 2.45) is 16.7 Å². The first-order valence-electron chi connectivity index (χ1n) is 11.9. The summed E-state index contributed by atoms with van der Waals surface area (Å²) >= 11 is 0. The van der Waals surface area contributed by atoms with Crippen molar-refractivity contribution in [2.75, 3.05) is 32.8 Å². The number of hydrogen-bond donors (Lipinski definition) is 2. The number of aliphatic hydroxyl groups excluding tert-OH is 1. The Labute approximate surface area is 189 Å². The molecular formula is C25H35FN2O4. The number of halogens is 1. The Kier molecular flexibility index (Phi) is 6.75. The zero-order valence-corrected chi connectivity index (χ0v) is 19.0. The van der Waals surface area contributed by atoms with Gasteiger partial charge in [0.05, 0.1) is 18.8 Å². The summed E-state index contributed by atoms with van der Waals surface area (Å²) < 4.78 is 19.8. The van der Waals surface area contributed by atoms with E-state index in [-0.39, 0.29) is 24.1 Å². The van der Waals surface area contributed by atoms with Crippen molar-refractivity contribution in [1.82, 2.24) is 10.2 Å². The number of carbonyl (C=O) groups is 2. The molecule has 1 heterocycles. The predicted molar refractivity (Wildman–Crippen MR) is 119 cm³/mol. The lowest BCUT2D eigenvalue weighted by molar-refractivity contribution is -0.140. The number of carbonyl (C=O) groups excluding carboxylic acids is 2. The highest BCUT2D eigenvalue weighted by atomic mass is 19.1. The summed E-state index contributed by atoms with van der Waals surface area (Å²) in [4.78, 5) is 26.4. The molecule has 1 saturated heterocycles. The third-order valence-corrected chi connectivity index (χ3v) is 7.68. The molecule has 3 aliphatic rings. The maximum Gasteiger partial charge on any atom is 0.254 e. The Morgan fingerprint density at radius 1 is 1.22 bits per heavy atom. The fourth-order valence-corrected chi connectivity index (χ4v) is 5.34. The van der Waals surface area contributed by atoms with Crippen molar-refractivity contribution >= 4 is 11.8 Å². The lowest BCUT2D eigenvalue weighted by Crippen LogP contribution is -2.50. The summed E-state index contributed by atoms with van der Waals surface area (Å²) in [6.07, 6.45) is 8.90. The van der Waals surface area contributed by atoms with Gasteiger partial charge in [-0.2, -0.15) is 0 Å². The second kappa shape index (κ2) is 9.38. The molecule has 2 saturated carbocycles. The third kappa shape index (κ3) is 5.08. The van der Waals surface area contributed by atoms with Crippen LogP contribution in [-0.2, 0) is 4.79 Å². The molecule has 0 unspecified atom stereocenters. The maximum atomic E-state index is 14.1. The van der Waals surface area contributed by atoms with Gasteiger partial charge in [0.1, 0.15) is 11.6 Å². The van der Waals surface area contributed by atoms with E-state index in [0.717, 1.165) is 57.5 Å². The molecule has 1 aromatic carbocycles. The highest BCUT2D eigenvalue weighted by Crippen LogP contribution is 2.55. The minimum absolute atomic E-state index is 0.0513. The highest BCUT2D eigenvalue weighted by Gasteiger charge is 2.50. The fourth-order valence-electron chi connectivity index (χ4n) is 5.34. The zero-order chi connectivity index (χ0) is 22.8. The van der Waals surface area contributed by atoms with Gasteiger partial charge < -0.3 is 20.1 Å². The van der Waals surface area contributed by atoms with Crippen molar-refractivity contribution in [3.63, 3.8) is 0 Å². The van der Waals surface area contributed by atoms with Gasteiger partial charge in [0.25, 0.3) is 5.91 Å². The SMILES string of the molecule is CC1(C(=O)N2CCC3(CC2)CC(CCCOc2ccc(C(=O)NCCO)c(F)c2)C3)CC1. The maximum absolute atomic E-state index is 14.1. The molecular weight excluding hydrogens is 411 g/mol. The number of piperidine rings is 1. The van der Waals surface area contributed by atoms with Crippen LogP contribution < -0.4 is 10.1 Å². The standard InChI is InChI=1S/C25H35FN2O4/c1-24(6-7-24)23(31)28-11-8-25(9-12-28)16-18(17-25)3-2-14-32-19-4-5-20(21(26)15-19)22(30)27-10-13-29/h4-5,15,18,29H,2-3,6-14,16-17H2,1H3,(H,27,30). The summed E-state index contributed by atoms with van der Waals surface area (Å²) in [7, 11) is 0. The average molecular weight is 447 g/mol. The molecule has 0 radical (unpaired) electrons. The molecule has 2 N–H and O–H groups in total. The zero-order valence-electron chi connectivity index (χ0n) is 19.0. The first-order valence-corrected chi connectivity index (χ1v) is 11.9. The van der Waals surface area contributed by atoms with Crippen LogP contribution >= 0.6 is 0 Å². The smallest absolute Gasteiger partial charge is 0.254 e. The van der Waals surface area contributed by atoms with Crippen LogP contribution in [0.25, 0.3) is 0 Å². The van der Waals surface area contributed by atoms with Crippen LogP contribution in [-0.4, -0.2) is 54.7 Å². The summed E-state index contributed by atoms with van der Waals surface area (Å²) in [5, 5.41) is 11.2. The van der Waals surface area contributed by atoms with Gasteiger partial charge in [-0.3, -0.25) is 9.59 Å². The second-order valence-electron chi connectivity index (χ2n) is 10.2. The first kappa shape index (κ1) is 23.0. The van der Waals surface area contributed by atoms with E-state index in [1.807, 2.05) is 0 Å². The molecule has 7 heteroatoms. The number of aliphatic hydroxyl groups is 1. The molecule has 0 atom stereocenters. The van der Waals surface area contributed by atoms with Crippen LogP contribution in [0.15, 0.2) is 18.2 Å². The summed E-state index contributed by atoms with van der Waals surface area (Å²) in [5.41, 5.74) is 0.342. The number of hydrogen-bond acceptors (Lipinski definition) is 4. The molecule has 1 aliphatic heterocycles. The van der Waals surface area contributed by atoms with Gasteiger partial charge >= 0.3 is 0 Å². The number of rotatable bonds is 9. The molecule has 6 nitrogen and oxygen atoms in total. The minimum Gasteiger partial charge on any atom is -0.493 e. The molecule has 1 spiro atoms. The van der Waals surface area contributed by atoms with Crippen LogP contribution in [0.5, 0.6) is 5.75 Å². The Hall–Kier alpha value is -2.15. The molecule has 0 bridgehead atoms. The quantitative estimate of drug-likeness (QED) is 0.569. The molecule has 32 heavy (non-hydrogen) atoms. The van der Waals surface area contributed by atoms with Gasteiger partial charge in [-0.15, -0.1) is 0 Å². The van der Waals surface area contributed by atoms with Crippen molar-refractivity contribution in [3.05, 3.63) is 29.6 Å². The van der Waals surface area contributed by atoms with Gasteiger partial charge in [-0.05, 0) is 74.8 Å². The average Bonchev–Trinajstić information content (AvgIpc) is 3.52. The third-order valence-electron chi connectivity index (χ3n) is 7.68. The lowest BCUT2D eigenvalue weighted by atomic mass is 9.56. The number of ether oxygens (including phenoxy) is 1. The minimum atomic E-state index is -0.626. The van der Waals surface area contributed by atoms with Crippen LogP contribution in [0, 0.1) is 22.6 Å². The van der Waals surface area contributed by atoms with Gasteiger partial charge in [0.2, 0.25) is 5.91 Å².